The Kier molecular flexibility index (Phi) is 7.59. The van der Waals surface area contributed by atoms with Gasteiger partial charge in [0.05, 0.1) is 16.8 Å². The molecule has 0 radical (unpaired) electrons. The number of amides is 1. The lowest BCUT2D eigenvalue weighted by Gasteiger charge is -2.24. The van der Waals surface area contributed by atoms with Crippen LogP contribution in [0, 0.1) is 27.7 Å². The quantitative estimate of drug-likeness (QED) is 0.264. The first-order chi connectivity index (χ1) is 17.7. The van der Waals surface area contributed by atoms with Gasteiger partial charge in [0.1, 0.15) is 6.54 Å². The van der Waals surface area contributed by atoms with Crippen LogP contribution in [0.1, 0.15) is 28.1 Å². The molecule has 4 aromatic rings. The maximum Gasteiger partial charge on any atom is 0.264 e. The topological polar surface area (TPSA) is 83.8 Å². The number of aryl methyl sites for hydroxylation is 3. The van der Waals surface area contributed by atoms with Crippen LogP contribution in [0.3, 0.4) is 0 Å². The summed E-state index contributed by atoms with van der Waals surface area (Å²) < 4.78 is 30.2. The van der Waals surface area contributed by atoms with Gasteiger partial charge in [0.25, 0.3) is 15.9 Å². The number of para-hydroxylation sites is 1. The van der Waals surface area contributed by atoms with Gasteiger partial charge in [-0.15, -0.1) is 0 Å². The maximum absolute atomic E-state index is 13.5. The molecule has 190 valence electrons. The summed E-state index contributed by atoms with van der Waals surface area (Å²) >= 11 is 0. The molecular weight excluding hydrogens is 484 g/mol. The molecule has 0 aliphatic rings. The van der Waals surface area contributed by atoms with Crippen LogP contribution in [0.15, 0.2) is 94.9 Å². The fourth-order valence-corrected chi connectivity index (χ4v) is 5.52. The average Bonchev–Trinajstić information content (AvgIpc) is 3.16. The largest absolute Gasteiger partial charge is 0.318 e. The lowest BCUT2D eigenvalue weighted by Crippen LogP contribution is -2.39. The molecule has 0 unspecified atom stereocenters. The molecule has 1 heterocycles. The van der Waals surface area contributed by atoms with E-state index < -0.39 is 22.5 Å². The lowest BCUT2D eigenvalue weighted by molar-refractivity contribution is -0.119. The second kappa shape index (κ2) is 10.8. The molecule has 1 amide bonds. The zero-order valence-electron chi connectivity index (χ0n) is 21.3. The Morgan fingerprint density at radius 1 is 0.892 bits per heavy atom. The summed E-state index contributed by atoms with van der Waals surface area (Å²) in [5.74, 6) is -0.552. The third kappa shape index (κ3) is 5.81. The average molecular weight is 515 g/mol. The molecule has 4 rings (SSSR count). The number of benzene rings is 3. The number of aromatic nitrogens is 1. The number of nitrogens with one attached hydrogen (secondary N) is 1. The Hall–Kier alpha value is -4.17. The van der Waals surface area contributed by atoms with Crippen molar-refractivity contribution in [3.05, 3.63) is 113 Å². The van der Waals surface area contributed by atoms with Gasteiger partial charge in [-0.1, -0.05) is 53.6 Å². The standard InChI is InChI=1S/C29H30N4O3S/c1-21-10-14-26(15-11-21)32(37(35,36)28-16-12-22(2)13-17-28)20-29(34)31-30-19-25-18-23(3)33(24(25)4)27-8-6-5-7-9-27/h5-19H,20H2,1-4H3,(H,31,34)/b30-19-. The molecule has 1 N–H and O–H groups in total. The Labute approximate surface area is 218 Å². The molecule has 0 aliphatic carbocycles. The minimum atomic E-state index is -3.98. The predicted molar refractivity (Wildman–Crippen MR) is 148 cm³/mol. The number of carbonyl (C=O) groups is 1. The van der Waals surface area contributed by atoms with Crippen molar-refractivity contribution in [1.82, 2.24) is 9.99 Å². The van der Waals surface area contributed by atoms with Gasteiger partial charge in [0.2, 0.25) is 0 Å². The summed E-state index contributed by atoms with van der Waals surface area (Å²) in [6.45, 7) is 7.37. The van der Waals surface area contributed by atoms with E-state index in [1.165, 1.54) is 0 Å². The van der Waals surface area contributed by atoms with Crippen molar-refractivity contribution in [3.8, 4) is 5.69 Å². The number of anilines is 1. The molecule has 7 nitrogen and oxygen atoms in total. The van der Waals surface area contributed by atoms with E-state index in [2.05, 4.69) is 15.1 Å². The second-order valence-electron chi connectivity index (χ2n) is 8.95. The summed E-state index contributed by atoms with van der Waals surface area (Å²) in [6.07, 6.45) is 1.57. The van der Waals surface area contributed by atoms with E-state index in [4.69, 9.17) is 0 Å². The number of hydrogen-bond donors (Lipinski definition) is 1. The zero-order valence-corrected chi connectivity index (χ0v) is 22.2. The van der Waals surface area contributed by atoms with Crippen molar-refractivity contribution in [2.24, 2.45) is 5.10 Å². The second-order valence-corrected chi connectivity index (χ2v) is 10.8. The van der Waals surface area contributed by atoms with Crippen LogP contribution in [-0.2, 0) is 14.8 Å². The highest BCUT2D eigenvalue weighted by molar-refractivity contribution is 7.92. The van der Waals surface area contributed by atoms with Gasteiger partial charge in [-0.25, -0.2) is 13.8 Å². The molecule has 0 spiro atoms. The van der Waals surface area contributed by atoms with Crippen LogP contribution < -0.4 is 9.73 Å². The Bertz CT molecular complexity index is 1520. The molecule has 8 heteroatoms. The van der Waals surface area contributed by atoms with Crippen LogP contribution in [0.2, 0.25) is 0 Å². The minimum absolute atomic E-state index is 0.114. The molecule has 0 atom stereocenters. The first-order valence-corrected chi connectivity index (χ1v) is 13.3. The number of rotatable bonds is 8. The molecule has 3 aromatic carbocycles. The molecular formula is C29H30N4O3S. The Balaban J connectivity index is 1.55. The highest BCUT2D eigenvalue weighted by atomic mass is 32.2. The van der Waals surface area contributed by atoms with E-state index in [9.17, 15) is 13.2 Å². The molecule has 0 saturated carbocycles. The van der Waals surface area contributed by atoms with Crippen molar-refractivity contribution < 1.29 is 13.2 Å². The van der Waals surface area contributed by atoms with Gasteiger partial charge >= 0.3 is 0 Å². The fourth-order valence-electron chi connectivity index (χ4n) is 4.10. The minimum Gasteiger partial charge on any atom is -0.318 e. The van der Waals surface area contributed by atoms with E-state index in [1.807, 2.05) is 76.2 Å². The molecule has 37 heavy (non-hydrogen) atoms. The summed E-state index contributed by atoms with van der Waals surface area (Å²) in [5, 5.41) is 4.12. The molecule has 0 fully saturated rings. The van der Waals surface area contributed by atoms with Crippen LogP contribution in [0.4, 0.5) is 5.69 Å². The first kappa shape index (κ1) is 25.9. The summed E-state index contributed by atoms with van der Waals surface area (Å²) in [7, 11) is -3.98. The van der Waals surface area contributed by atoms with E-state index in [0.29, 0.717) is 5.69 Å². The van der Waals surface area contributed by atoms with Crippen LogP contribution in [0.5, 0.6) is 0 Å². The van der Waals surface area contributed by atoms with Gasteiger partial charge < -0.3 is 4.57 Å². The van der Waals surface area contributed by atoms with E-state index in [-0.39, 0.29) is 4.90 Å². The van der Waals surface area contributed by atoms with Crippen molar-refractivity contribution in [2.45, 2.75) is 32.6 Å². The highest BCUT2D eigenvalue weighted by Gasteiger charge is 2.27. The van der Waals surface area contributed by atoms with Crippen molar-refractivity contribution in [1.29, 1.82) is 0 Å². The van der Waals surface area contributed by atoms with Crippen molar-refractivity contribution >= 4 is 27.8 Å². The van der Waals surface area contributed by atoms with Crippen LogP contribution in [0.25, 0.3) is 5.69 Å². The highest BCUT2D eigenvalue weighted by Crippen LogP contribution is 2.24. The van der Waals surface area contributed by atoms with E-state index in [0.717, 1.165) is 38.1 Å². The third-order valence-electron chi connectivity index (χ3n) is 6.10. The summed E-state index contributed by atoms with van der Waals surface area (Å²) in [4.78, 5) is 13.0. The molecule has 0 bridgehead atoms. The van der Waals surface area contributed by atoms with Crippen molar-refractivity contribution in [3.63, 3.8) is 0 Å². The van der Waals surface area contributed by atoms with Gasteiger partial charge in [0, 0.05) is 22.6 Å². The number of nitrogens with zero attached hydrogens (tertiary/aromatic N) is 3. The SMILES string of the molecule is Cc1ccc(N(CC(=O)N/N=C\c2cc(C)n(-c3ccccc3)c2C)S(=O)(=O)c2ccc(C)cc2)cc1. The zero-order chi connectivity index (χ0) is 26.6. The van der Waals surface area contributed by atoms with E-state index >= 15 is 0 Å². The fraction of sp³-hybridized carbons (Fsp3) is 0.172. The van der Waals surface area contributed by atoms with Gasteiger partial charge in [-0.2, -0.15) is 5.10 Å². The molecule has 1 aromatic heterocycles. The number of carbonyl (C=O) groups excluding carboxylic acids is 1. The lowest BCUT2D eigenvalue weighted by atomic mass is 10.2. The number of sulfonamides is 1. The van der Waals surface area contributed by atoms with Crippen molar-refractivity contribution in [2.75, 3.05) is 10.8 Å². The molecule has 0 aliphatic heterocycles. The predicted octanol–water partition coefficient (Wildman–Crippen LogP) is 5.06. The summed E-state index contributed by atoms with van der Waals surface area (Å²) in [6, 6.07) is 25.5. The van der Waals surface area contributed by atoms with E-state index in [1.54, 1.807) is 42.6 Å². The van der Waals surface area contributed by atoms with Gasteiger partial charge in [-0.3, -0.25) is 9.10 Å². The van der Waals surface area contributed by atoms with Gasteiger partial charge in [0.15, 0.2) is 0 Å². The van der Waals surface area contributed by atoms with Gasteiger partial charge in [-0.05, 0) is 70.2 Å². The monoisotopic (exact) mass is 514 g/mol. The Morgan fingerprint density at radius 3 is 2.11 bits per heavy atom. The number of hydrazone groups is 1. The van der Waals surface area contributed by atoms with Crippen LogP contribution >= 0.6 is 0 Å². The summed E-state index contributed by atoms with van der Waals surface area (Å²) in [5.41, 5.74) is 8.71. The number of hydrogen-bond acceptors (Lipinski definition) is 4. The smallest absolute Gasteiger partial charge is 0.264 e. The maximum atomic E-state index is 13.5. The normalized spacial score (nSPS) is 11.6. The first-order valence-electron chi connectivity index (χ1n) is 11.9. The third-order valence-corrected chi connectivity index (χ3v) is 7.88. The van der Waals surface area contributed by atoms with Crippen LogP contribution in [-0.4, -0.2) is 31.7 Å². The Morgan fingerprint density at radius 2 is 1.49 bits per heavy atom. The molecule has 0 saturated heterocycles.